The second-order valence-corrected chi connectivity index (χ2v) is 6.13. The third-order valence-electron chi connectivity index (χ3n) is 4.04. The molecule has 0 aliphatic carbocycles. The predicted octanol–water partition coefficient (Wildman–Crippen LogP) is 1.78. The minimum atomic E-state index is -0.696. The van der Waals surface area contributed by atoms with Crippen LogP contribution in [0.4, 0.5) is 11.4 Å². The van der Waals surface area contributed by atoms with E-state index in [0.717, 1.165) is 5.56 Å². The molecule has 20 heavy (non-hydrogen) atoms. The van der Waals surface area contributed by atoms with E-state index in [2.05, 4.69) is 0 Å². The Kier molecular flexibility index (Phi) is 3.30. The van der Waals surface area contributed by atoms with Crippen molar-refractivity contribution >= 4 is 24.0 Å². The van der Waals surface area contributed by atoms with Crippen LogP contribution in [0.15, 0.2) is 12.1 Å². The first kappa shape index (κ1) is 14.8. The minimum absolute atomic E-state index is 0.0964. The number of benzene rings is 1. The number of hydrogen-bond acceptors (Lipinski definition) is 5. The van der Waals surface area contributed by atoms with E-state index in [0.29, 0.717) is 5.46 Å². The fourth-order valence-corrected chi connectivity index (χ4v) is 2.12. The van der Waals surface area contributed by atoms with E-state index < -0.39 is 23.2 Å². The van der Waals surface area contributed by atoms with Crippen LogP contribution in [0.5, 0.6) is 0 Å². The monoisotopic (exact) mass is 278 g/mol. The number of nitrogens with two attached hydrogens (primary N) is 1. The predicted molar refractivity (Wildman–Crippen MR) is 78.0 cm³/mol. The summed E-state index contributed by atoms with van der Waals surface area (Å²) in [4.78, 5) is 10.6. The Balaban J connectivity index is 2.48. The van der Waals surface area contributed by atoms with Gasteiger partial charge in [0.1, 0.15) is 5.69 Å². The molecule has 0 amide bonds. The Bertz CT molecular complexity index is 556. The third-order valence-corrected chi connectivity index (χ3v) is 4.04. The summed E-state index contributed by atoms with van der Waals surface area (Å²) in [6, 6.07) is 3.22. The van der Waals surface area contributed by atoms with Gasteiger partial charge in [-0.2, -0.15) is 0 Å². The topological polar surface area (TPSA) is 87.6 Å². The van der Waals surface area contributed by atoms with Crippen LogP contribution < -0.4 is 11.2 Å². The van der Waals surface area contributed by atoms with Gasteiger partial charge in [0.15, 0.2) is 0 Å². The van der Waals surface area contributed by atoms with Gasteiger partial charge in [-0.1, -0.05) is 6.07 Å². The first-order chi connectivity index (χ1) is 9.05. The molecule has 0 radical (unpaired) electrons. The molecule has 1 heterocycles. The molecular formula is C13H19BN2O4. The van der Waals surface area contributed by atoms with Crippen molar-refractivity contribution < 1.29 is 14.2 Å². The van der Waals surface area contributed by atoms with Crippen molar-refractivity contribution in [1.82, 2.24) is 0 Å². The molecule has 0 atom stereocenters. The fraction of sp³-hybridized carbons (Fsp3) is 0.538. The van der Waals surface area contributed by atoms with Crippen molar-refractivity contribution in [2.24, 2.45) is 0 Å². The Morgan fingerprint density at radius 1 is 1.20 bits per heavy atom. The van der Waals surface area contributed by atoms with E-state index >= 15 is 0 Å². The maximum absolute atomic E-state index is 11.0. The average molecular weight is 278 g/mol. The highest BCUT2D eigenvalue weighted by molar-refractivity contribution is 6.64. The summed E-state index contributed by atoms with van der Waals surface area (Å²) < 4.78 is 11.8. The van der Waals surface area contributed by atoms with Gasteiger partial charge in [0.2, 0.25) is 0 Å². The van der Waals surface area contributed by atoms with Gasteiger partial charge in [0.25, 0.3) is 5.69 Å². The first-order valence-electron chi connectivity index (χ1n) is 6.45. The standard InChI is InChI=1S/C13H19BN2O4/c1-8-6-9(11(15)10(7-8)16(17)18)14-19-12(2,3)13(4,5)20-14/h6-7H,15H2,1-5H3. The Morgan fingerprint density at radius 3 is 2.15 bits per heavy atom. The number of aryl methyl sites for hydroxylation is 1. The van der Waals surface area contributed by atoms with Gasteiger partial charge < -0.3 is 15.0 Å². The number of nitrogens with zero attached hydrogens (tertiary/aromatic N) is 1. The Labute approximate surface area is 118 Å². The smallest absolute Gasteiger partial charge is 0.399 e. The molecule has 1 saturated heterocycles. The lowest BCUT2D eigenvalue weighted by atomic mass is 9.76. The van der Waals surface area contributed by atoms with E-state index in [9.17, 15) is 10.1 Å². The Hall–Kier alpha value is -1.60. The number of rotatable bonds is 2. The Morgan fingerprint density at radius 2 is 1.70 bits per heavy atom. The maximum atomic E-state index is 11.0. The van der Waals surface area contributed by atoms with Crippen molar-refractivity contribution in [3.8, 4) is 0 Å². The molecule has 0 bridgehead atoms. The summed E-state index contributed by atoms with van der Waals surface area (Å²) in [5.41, 5.74) is 6.12. The van der Waals surface area contributed by atoms with Crippen molar-refractivity contribution in [3.63, 3.8) is 0 Å². The number of nitrogen functional groups attached to an aromatic ring is 1. The van der Waals surface area contributed by atoms with E-state index in [1.54, 1.807) is 13.0 Å². The summed E-state index contributed by atoms with van der Waals surface area (Å²) >= 11 is 0. The molecule has 1 aliphatic heterocycles. The van der Waals surface area contributed by atoms with Crippen molar-refractivity contribution in [1.29, 1.82) is 0 Å². The van der Waals surface area contributed by atoms with Gasteiger partial charge in [0, 0.05) is 11.5 Å². The van der Waals surface area contributed by atoms with Gasteiger partial charge >= 0.3 is 7.12 Å². The number of hydrogen-bond donors (Lipinski definition) is 1. The summed E-state index contributed by atoms with van der Waals surface area (Å²) in [5.74, 6) is 0. The highest BCUT2D eigenvalue weighted by Crippen LogP contribution is 2.37. The van der Waals surface area contributed by atoms with Crippen LogP contribution in [0.1, 0.15) is 33.3 Å². The van der Waals surface area contributed by atoms with E-state index in [1.807, 2.05) is 27.7 Å². The molecule has 7 heteroatoms. The molecule has 6 nitrogen and oxygen atoms in total. The largest absolute Gasteiger partial charge is 0.497 e. The van der Waals surface area contributed by atoms with Gasteiger partial charge in [-0.3, -0.25) is 10.1 Å². The molecule has 1 aliphatic rings. The van der Waals surface area contributed by atoms with Crippen LogP contribution in [-0.4, -0.2) is 23.2 Å². The quantitative estimate of drug-likeness (QED) is 0.385. The SMILES string of the molecule is Cc1cc(B2OC(C)(C)C(C)(C)O2)c(N)c([N+](=O)[O-])c1. The number of nitro groups is 1. The number of anilines is 1. The van der Waals surface area contributed by atoms with Crippen molar-refractivity contribution in [2.75, 3.05) is 5.73 Å². The molecule has 1 fully saturated rings. The van der Waals surface area contributed by atoms with Crippen LogP contribution in [0.2, 0.25) is 0 Å². The first-order valence-corrected chi connectivity index (χ1v) is 6.45. The molecule has 0 aromatic heterocycles. The highest BCUT2D eigenvalue weighted by Gasteiger charge is 2.52. The lowest BCUT2D eigenvalue weighted by Gasteiger charge is -2.32. The second kappa shape index (κ2) is 4.46. The lowest BCUT2D eigenvalue weighted by Crippen LogP contribution is -2.41. The van der Waals surface area contributed by atoms with Crippen LogP contribution in [0.25, 0.3) is 0 Å². The maximum Gasteiger partial charge on any atom is 0.497 e. The normalized spacial score (nSPS) is 20.1. The second-order valence-electron chi connectivity index (χ2n) is 6.13. The van der Waals surface area contributed by atoms with Crippen molar-refractivity contribution in [2.45, 2.75) is 45.8 Å². The van der Waals surface area contributed by atoms with E-state index in [4.69, 9.17) is 15.0 Å². The zero-order valence-electron chi connectivity index (χ0n) is 12.4. The molecular weight excluding hydrogens is 259 g/mol. The average Bonchev–Trinajstić information content (AvgIpc) is 2.50. The lowest BCUT2D eigenvalue weighted by molar-refractivity contribution is -0.383. The van der Waals surface area contributed by atoms with Crippen molar-refractivity contribution in [3.05, 3.63) is 27.8 Å². The van der Waals surface area contributed by atoms with E-state index in [-0.39, 0.29) is 11.4 Å². The van der Waals surface area contributed by atoms with Gasteiger partial charge in [-0.05, 0) is 40.2 Å². The molecule has 2 N–H and O–H groups in total. The zero-order valence-corrected chi connectivity index (χ0v) is 12.4. The summed E-state index contributed by atoms with van der Waals surface area (Å²) in [6.07, 6.45) is 0. The van der Waals surface area contributed by atoms with Gasteiger partial charge in [-0.15, -0.1) is 0 Å². The molecule has 1 aromatic carbocycles. The highest BCUT2D eigenvalue weighted by atomic mass is 16.7. The van der Waals surface area contributed by atoms with Crippen LogP contribution in [0, 0.1) is 17.0 Å². The molecule has 0 saturated carbocycles. The summed E-state index contributed by atoms with van der Waals surface area (Å²) in [6.45, 7) is 9.47. The molecule has 1 aromatic rings. The molecule has 2 rings (SSSR count). The van der Waals surface area contributed by atoms with Gasteiger partial charge in [0.05, 0.1) is 16.1 Å². The minimum Gasteiger partial charge on any atom is -0.399 e. The molecule has 108 valence electrons. The summed E-state index contributed by atoms with van der Waals surface area (Å²) in [5, 5.41) is 11.0. The van der Waals surface area contributed by atoms with Crippen LogP contribution in [0.3, 0.4) is 0 Å². The number of nitro benzene ring substituents is 1. The van der Waals surface area contributed by atoms with Crippen LogP contribution >= 0.6 is 0 Å². The molecule has 0 unspecified atom stereocenters. The fourth-order valence-electron chi connectivity index (χ4n) is 2.12. The van der Waals surface area contributed by atoms with E-state index in [1.165, 1.54) is 6.07 Å². The van der Waals surface area contributed by atoms with Crippen LogP contribution in [-0.2, 0) is 9.31 Å². The summed E-state index contributed by atoms with van der Waals surface area (Å²) in [7, 11) is -0.696. The van der Waals surface area contributed by atoms with Gasteiger partial charge in [-0.25, -0.2) is 0 Å². The molecule has 0 spiro atoms. The zero-order chi connectivity index (χ0) is 15.3. The third kappa shape index (κ3) is 2.27.